The van der Waals surface area contributed by atoms with Gasteiger partial charge in [-0.1, -0.05) is 53.6 Å². The van der Waals surface area contributed by atoms with Gasteiger partial charge >= 0.3 is 0 Å². The average Bonchev–Trinajstić information content (AvgIpc) is 2.35. The third-order valence-electron chi connectivity index (χ3n) is 3.16. The van der Waals surface area contributed by atoms with Crippen LogP contribution in [0.1, 0.15) is 28.4 Å². The Balaban J connectivity index is 2.25. The summed E-state index contributed by atoms with van der Waals surface area (Å²) in [5.41, 5.74) is 4.23. The fourth-order valence-corrected chi connectivity index (χ4v) is 2.31. The van der Waals surface area contributed by atoms with Crippen LogP contribution < -0.4 is 0 Å². The van der Waals surface area contributed by atoms with Crippen LogP contribution in [0.25, 0.3) is 0 Å². The summed E-state index contributed by atoms with van der Waals surface area (Å²) in [6, 6.07) is 13.8. The molecule has 0 aromatic heterocycles. The normalized spacial score (nSPS) is 12.4. The maximum atomic E-state index is 10.3. The maximum absolute atomic E-state index is 10.3. The molecule has 0 heterocycles. The van der Waals surface area contributed by atoms with E-state index in [1.807, 2.05) is 50.2 Å². The molecule has 0 aliphatic carbocycles. The third-order valence-corrected chi connectivity index (χ3v) is 3.53. The van der Waals surface area contributed by atoms with E-state index in [1.54, 1.807) is 0 Å². The van der Waals surface area contributed by atoms with Gasteiger partial charge in [-0.25, -0.2) is 0 Å². The van der Waals surface area contributed by atoms with Crippen LogP contribution in [0, 0.1) is 13.8 Å². The predicted octanol–water partition coefficient (Wildman–Crippen LogP) is 4.23. The van der Waals surface area contributed by atoms with Crippen LogP contribution in [0.5, 0.6) is 0 Å². The molecule has 0 amide bonds. The molecule has 2 aromatic carbocycles. The highest BCUT2D eigenvalue weighted by Crippen LogP contribution is 2.25. The first-order valence-corrected chi connectivity index (χ1v) is 6.44. The van der Waals surface area contributed by atoms with Crippen molar-refractivity contribution in [1.29, 1.82) is 0 Å². The first-order valence-electron chi connectivity index (χ1n) is 6.06. The Morgan fingerprint density at radius 1 is 1.11 bits per heavy atom. The molecule has 2 rings (SSSR count). The smallest absolute Gasteiger partial charge is 0.0833 e. The highest BCUT2D eigenvalue weighted by molar-refractivity contribution is 6.31. The van der Waals surface area contributed by atoms with E-state index in [2.05, 4.69) is 6.07 Å². The summed E-state index contributed by atoms with van der Waals surface area (Å²) in [6.45, 7) is 4.05. The van der Waals surface area contributed by atoms with Crippen LogP contribution in [0.3, 0.4) is 0 Å². The zero-order chi connectivity index (χ0) is 13.1. The lowest BCUT2D eigenvalue weighted by molar-refractivity contribution is 0.177. The quantitative estimate of drug-likeness (QED) is 0.876. The van der Waals surface area contributed by atoms with Gasteiger partial charge < -0.3 is 5.11 Å². The number of aliphatic hydroxyl groups is 1. The van der Waals surface area contributed by atoms with E-state index in [9.17, 15) is 5.11 Å². The fourth-order valence-electron chi connectivity index (χ4n) is 2.10. The van der Waals surface area contributed by atoms with E-state index in [1.165, 1.54) is 0 Å². The van der Waals surface area contributed by atoms with Crippen molar-refractivity contribution in [3.8, 4) is 0 Å². The Morgan fingerprint density at radius 2 is 1.83 bits per heavy atom. The topological polar surface area (TPSA) is 20.2 Å². The lowest BCUT2D eigenvalue weighted by Crippen LogP contribution is -2.04. The Bertz CT molecular complexity index is 549. The Labute approximate surface area is 113 Å². The Hall–Kier alpha value is -1.31. The van der Waals surface area contributed by atoms with Gasteiger partial charge in [0.15, 0.2) is 0 Å². The molecule has 0 aliphatic heterocycles. The van der Waals surface area contributed by atoms with E-state index in [4.69, 9.17) is 11.6 Å². The summed E-state index contributed by atoms with van der Waals surface area (Å²) in [7, 11) is 0. The number of aliphatic hydroxyl groups excluding tert-OH is 1. The molecule has 1 atom stereocenters. The van der Waals surface area contributed by atoms with Crippen molar-refractivity contribution in [2.24, 2.45) is 0 Å². The molecule has 0 saturated carbocycles. The summed E-state index contributed by atoms with van der Waals surface area (Å²) in [5, 5.41) is 11.1. The van der Waals surface area contributed by atoms with Gasteiger partial charge in [0.2, 0.25) is 0 Å². The molecular formula is C16H17ClO. The molecule has 94 valence electrons. The molecule has 0 fully saturated rings. The number of halogens is 1. The van der Waals surface area contributed by atoms with Gasteiger partial charge in [-0.3, -0.25) is 0 Å². The minimum Gasteiger partial charge on any atom is -0.388 e. The minimum absolute atomic E-state index is 0.509. The van der Waals surface area contributed by atoms with Crippen molar-refractivity contribution in [3.05, 3.63) is 69.7 Å². The van der Waals surface area contributed by atoms with Crippen molar-refractivity contribution in [1.82, 2.24) is 0 Å². The number of hydrogen-bond donors (Lipinski definition) is 1. The highest BCUT2D eigenvalue weighted by atomic mass is 35.5. The van der Waals surface area contributed by atoms with Gasteiger partial charge in [0.1, 0.15) is 0 Å². The molecular weight excluding hydrogens is 244 g/mol. The molecule has 1 N–H and O–H groups in total. The van der Waals surface area contributed by atoms with Crippen molar-refractivity contribution >= 4 is 11.6 Å². The van der Waals surface area contributed by atoms with Gasteiger partial charge in [0, 0.05) is 11.4 Å². The highest BCUT2D eigenvalue weighted by Gasteiger charge is 2.12. The van der Waals surface area contributed by atoms with Gasteiger partial charge in [-0.2, -0.15) is 0 Å². The summed E-state index contributed by atoms with van der Waals surface area (Å²) >= 11 is 6.12. The molecule has 0 saturated heterocycles. The van der Waals surface area contributed by atoms with E-state index in [0.29, 0.717) is 11.4 Å². The number of benzene rings is 2. The van der Waals surface area contributed by atoms with Crippen LogP contribution in [-0.4, -0.2) is 5.11 Å². The first kappa shape index (κ1) is 13.1. The molecule has 2 aromatic rings. The molecule has 0 bridgehead atoms. The minimum atomic E-state index is -0.509. The van der Waals surface area contributed by atoms with Crippen molar-refractivity contribution in [2.45, 2.75) is 26.4 Å². The number of rotatable bonds is 3. The van der Waals surface area contributed by atoms with Crippen molar-refractivity contribution < 1.29 is 5.11 Å². The largest absolute Gasteiger partial charge is 0.388 e. The molecule has 0 radical (unpaired) electrons. The van der Waals surface area contributed by atoms with Crippen molar-refractivity contribution in [3.63, 3.8) is 0 Å². The molecule has 1 unspecified atom stereocenters. The van der Waals surface area contributed by atoms with E-state index >= 15 is 0 Å². The maximum Gasteiger partial charge on any atom is 0.0833 e. The SMILES string of the molecule is Cc1ccc(C)c(C(O)Cc2ccccc2Cl)c1. The number of aryl methyl sites for hydroxylation is 2. The number of hydrogen-bond acceptors (Lipinski definition) is 1. The second-order valence-corrected chi connectivity index (χ2v) is 5.08. The summed E-state index contributed by atoms with van der Waals surface area (Å²) in [5.74, 6) is 0. The van der Waals surface area contributed by atoms with Crippen molar-refractivity contribution in [2.75, 3.05) is 0 Å². The van der Waals surface area contributed by atoms with Crippen LogP contribution in [0.4, 0.5) is 0 Å². The molecule has 1 nitrogen and oxygen atoms in total. The molecule has 2 heteroatoms. The van der Waals surface area contributed by atoms with Crippen LogP contribution in [0.15, 0.2) is 42.5 Å². The zero-order valence-electron chi connectivity index (χ0n) is 10.7. The third kappa shape index (κ3) is 2.92. The van der Waals surface area contributed by atoms with E-state index < -0.39 is 6.10 Å². The van der Waals surface area contributed by atoms with E-state index in [0.717, 1.165) is 22.3 Å². The summed E-state index contributed by atoms with van der Waals surface area (Å²) in [4.78, 5) is 0. The fraction of sp³-hybridized carbons (Fsp3) is 0.250. The predicted molar refractivity (Wildman–Crippen MR) is 76.0 cm³/mol. The lowest BCUT2D eigenvalue weighted by atomic mass is 9.96. The van der Waals surface area contributed by atoms with E-state index in [-0.39, 0.29) is 0 Å². The summed E-state index contributed by atoms with van der Waals surface area (Å²) < 4.78 is 0. The second kappa shape index (κ2) is 5.55. The van der Waals surface area contributed by atoms with Gasteiger partial charge in [-0.05, 0) is 36.6 Å². The van der Waals surface area contributed by atoms with Crippen LogP contribution in [0.2, 0.25) is 5.02 Å². The Kier molecular flexibility index (Phi) is 4.05. The lowest BCUT2D eigenvalue weighted by Gasteiger charge is -2.15. The average molecular weight is 261 g/mol. The monoisotopic (exact) mass is 260 g/mol. The van der Waals surface area contributed by atoms with Gasteiger partial charge in [0.05, 0.1) is 6.10 Å². The van der Waals surface area contributed by atoms with Crippen LogP contribution in [-0.2, 0) is 6.42 Å². The zero-order valence-corrected chi connectivity index (χ0v) is 11.4. The Morgan fingerprint density at radius 3 is 2.56 bits per heavy atom. The molecule has 0 spiro atoms. The molecule has 0 aliphatic rings. The first-order chi connectivity index (χ1) is 8.58. The second-order valence-electron chi connectivity index (χ2n) is 4.67. The summed E-state index contributed by atoms with van der Waals surface area (Å²) in [6.07, 6.45) is 0.0362. The molecule has 18 heavy (non-hydrogen) atoms. The standard InChI is InChI=1S/C16H17ClO/c1-11-7-8-12(2)14(9-11)16(18)10-13-5-3-4-6-15(13)17/h3-9,16,18H,10H2,1-2H3. The van der Waals surface area contributed by atoms with Gasteiger partial charge in [0.25, 0.3) is 0 Å². The van der Waals surface area contributed by atoms with Crippen LogP contribution >= 0.6 is 11.6 Å². The van der Waals surface area contributed by atoms with Gasteiger partial charge in [-0.15, -0.1) is 0 Å².